The minimum atomic E-state index is -0.505. The van der Waals surface area contributed by atoms with E-state index in [4.69, 9.17) is 9.84 Å². The summed E-state index contributed by atoms with van der Waals surface area (Å²) >= 11 is 0. The number of rotatable bonds is 5. The second kappa shape index (κ2) is 7.57. The molecule has 0 radical (unpaired) electrons. The fraction of sp³-hybridized carbons (Fsp3) is 0.158. The summed E-state index contributed by atoms with van der Waals surface area (Å²) in [6, 6.07) is 17.0. The molecule has 1 aromatic heterocycles. The molecule has 0 saturated heterocycles. The molecule has 0 aliphatic carbocycles. The van der Waals surface area contributed by atoms with Crippen LogP contribution in [0.25, 0.3) is 10.9 Å². The number of carbonyl (C=O) groups excluding carboxylic acids is 1. The third-order valence-corrected chi connectivity index (χ3v) is 3.60. The number of aliphatic hydroxyl groups is 1. The van der Waals surface area contributed by atoms with Crippen LogP contribution in [0.1, 0.15) is 11.1 Å². The van der Waals surface area contributed by atoms with Crippen LogP contribution in [0.3, 0.4) is 0 Å². The summed E-state index contributed by atoms with van der Waals surface area (Å²) in [4.78, 5) is 16.2. The van der Waals surface area contributed by atoms with Crippen molar-refractivity contribution in [3.63, 3.8) is 0 Å². The predicted octanol–water partition coefficient (Wildman–Crippen LogP) is 3.52. The van der Waals surface area contributed by atoms with Gasteiger partial charge in [0.15, 0.2) is 0 Å². The van der Waals surface area contributed by atoms with E-state index in [1.165, 1.54) is 0 Å². The van der Waals surface area contributed by atoms with Gasteiger partial charge >= 0.3 is 6.09 Å². The number of aromatic nitrogens is 1. The lowest BCUT2D eigenvalue weighted by atomic mass is 10.1. The van der Waals surface area contributed by atoms with Gasteiger partial charge in [-0.25, -0.2) is 4.79 Å². The summed E-state index contributed by atoms with van der Waals surface area (Å²) in [5, 5.41) is 12.6. The first-order valence-electron chi connectivity index (χ1n) is 7.72. The van der Waals surface area contributed by atoms with E-state index in [0.717, 1.165) is 22.0 Å². The van der Waals surface area contributed by atoms with E-state index in [1.807, 2.05) is 42.5 Å². The summed E-state index contributed by atoms with van der Waals surface area (Å²) in [7, 11) is 0. The Morgan fingerprint density at radius 3 is 2.71 bits per heavy atom. The van der Waals surface area contributed by atoms with Gasteiger partial charge < -0.3 is 9.84 Å². The minimum Gasteiger partial charge on any atom is -0.444 e. The molecule has 0 fully saturated rings. The first-order chi connectivity index (χ1) is 11.7. The zero-order chi connectivity index (χ0) is 16.8. The highest BCUT2D eigenvalue weighted by molar-refractivity contribution is 5.89. The van der Waals surface area contributed by atoms with Crippen LogP contribution >= 0.6 is 0 Å². The maximum Gasteiger partial charge on any atom is 0.411 e. The number of nitrogens with zero attached hydrogens (tertiary/aromatic N) is 1. The summed E-state index contributed by atoms with van der Waals surface area (Å²) in [6.45, 7) is 0.323. The average molecular weight is 322 g/mol. The Labute approximate surface area is 139 Å². The standard InChI is InChI=1S/C19H18N2O3/c22-9-8-15-10-16-6-7-17(11-18(16)20-12-15)21-19(23)24-13-14-4-2-1-3-5-14/h1-7,10-12,22H,8-9,13H2,(H,21,23). The van der Waals surface area contributed by atoms with E-state index >= 15 is 0 Å². The van der Waals surface area contributed by atoms with E-state index in [-0.39, 0.29) is 13.2 Å². The first-order valence-corrected chi connectivity index (χ1v) is 7.72. The maximum atomic E-state index is 11.9. The zero-order valence-corrected chi connectivity index (χ0v) is 13.1. The highest BCUT2D eigenvalue weighted by Gasteiger charge is 2.05. The molecule has 0 spiro atoms. The summed E-state index contributed by atoms with van der Waals surface area (Å²) < 4.78 is 5.20. The largest absolute Gasteiger partial charge is 0.444 e. The molecule has 3 aromatic rings. The fourth-order valence-electron chi connectivity index (χ4n) is 2.39. The molecule has 3 rings (SSSR count). The molecule has 0 aliphatic heterocycles. The molecule has 0 saturated carbocycles. The Kier molecular flexibility index (Phi) is 5.03. The Morgan fingerprint density at radius 1 is 1.08 bits per heavy atom. The van der Waals surface area contributed by atoms with E-state index in [0.29, 0.717) is 12.1 Å². The van der Waals surface area contributed by atoms with E-state index < -0.39 is 6.09 Å². The molecule has 0 aliphatic rings. The minimum absolute atomic E-state index is 0.0973. The van der Waals surface area contributed by atoms with Gasteiger partial charge in [0.25, 0.3) is 0 Å². The number of fused-ring (bicyclic) bond motifs is 1. The van der Waals surface area contributed by atoms with Crippen molar-refractivity contribution in [3.05, 3.63) is 71.9 Å². The number of anilines is 1. The number of pyridine rings is 1. The highest BCUT2D eigenvalue weighted by atomic mass is 16.5. The Bertz CT molecular complexity index is 834. The fourth-order valence-corrected chi connectivity index (χ4v) is 2.39. The molecule has 1 heterocycles. The summed E-state index contributed by atoms with van der Waals surface area (Å²) in [5.74, 6) is 0. The molecule has 5 nitrogen and oxygen atoms in total. The van der Waals surface area contributed by atoms with Gasteiger partial charge in [-0.1, -0.05) is 36.4 Å². The molecule has 5 heteroatoms. The zero-order valence-electron chi connectivity index (χ0n) is 13.1. The number of ether oxygens (including phenoxy) is 1. The summed E-state index contributed by atoms with van der Waals surface area (Å²) in [6.07, 6.45) is 1.81. The van der Waals surface area contributed by atoms with Gasteiger partial charge in [-0.15, -0.1) is 0 Å². The number of aliphatic hydroxyl groups excluding tert-OH is 1. The van der Waals surface area contributed by atoms with E-state index in [2.05, 4.69) is 10.3 Å². The van der Waals surface area contributed by atoms with Crippen LogP contribution in [-0.2, 0) is 17.8 Å². The van der Waals surface area contributed by atoms with Gasteiger partial charge in [-0.2, -0.15) is 0 Å². The first kappa shape index (κ1) is 16.0. The number of nitrogens with one attached hydrogen (secondary N) is 1. The lowest BCUT2D eigenvalue weighted by Crippen LogP contribution is -2.13. The van der Waals surface area contributed by atoms with Crippen LogP contribution in [0, 0.1) is 0 Å². The van der Waals surface area contributed by atoms with Gasteiger partial charge in [0.1, 0.15) is 6.61 Å². The van der Waals surface area contributed by atoms with Crippen LogP contribution in [-0.4, -0.2) is 22.8 Å². The van der Waals surface area contributed by atoms with Crippen molar-refractivity contribution in [2.24, 2.45) is 0 Å². The Morgan fingerprint density at radius 2 is 1.92 bits per heavy atom. The predicted molar refractivity (Wildman–Crippen MR) is 92.8 cm³/mol. The molecular formula is C19H18N2O3. The molecule has 2 aromatic carbocycles. The molecule has 0 unspecified atom stereocenters. The van der Waals surface area contributed by atoms with Gasteiger partial charge in [-0.05, 0) is 35.7 Å². The monoisotopic (exact) mass is 322 g/mol. The van der Waals surface area contributed by atoms with Gasteiger partial charge in [0, 0.05) is 23.9 Å². The number of amides is 1. The third-order valence-electron chi connectivity index (χ3n) is 3.60. The third kappa shape index (κ3) is 4.08. The van der Waals surface area contributed by atoms with Gasteiger partial charge in [0.2, 0.25) is 0 Å². The average Bonchev–Trinajstić information content (AvgIpc) is 2.61. The molecule has 1 amide bonds. The van der Waals surface area contributed by atoms with Crippen LogP contribution in [0.2, 0.25) is 0 Å². The number of hydrogen-bond acceptors (Lipinski definition) is 4. The second-order valence-electron chi connectivity index (χ2n) is 5.41. The molecule has 24 heavy (non-hydrogen) atoms. The van der Waals surface area contributed by atoms with E-state index in [1.54, 1.807) is 18.3 Å². The molecule has 122 valence electrons. The van der Waals surface area contributed by atoms with Crippen molar-refractivity contribution in [2.75, 3.05) is 11.9 Å². The van der Waals surface area contributed by atoms with Crippen LogP contribution in [0.4, 0.5) is 10.5 Å². The van der Waals surface area contributed by atoms with Gasteiger partial charge in [0.05, 0.1) is 5.52 Å². The number of benzene rings is 2. The molecule has 2 N–H and O–H groups in total. The van der Waals surface area contributed by atoms with Crippen molar-refractivity contribution in [2.45, 2.75) is 13.0 Å². The smallest absolute Gasteiger partial charge is 0.411 e. The number of carbonyl (C=O) groups is 1. The summed E-state index contributed by atoms with van der Waals surface area (Å²) in [5.41, 5.74) is 3.32. The topological polar surface area (TPSA) is 71.5 Å². The van der Waals surface area contributed by atoms with Crippen molar-refractivity contribution in [3.8, 4) is 0 Å². The normalized spacial score (nSPS) is 10.5. The molecule has 0 bridgehead atoms. The lowest BCUT2D eigenvalue weighted by molar-refractivity contribution is 0.155. The maximum absolute atomic E-state index is 11.9. The lowest BCUT2D eigenvalue weighted by Gasteiger charge is -2.08. The van der Waals surface area contributed by atoms with Crippen molar-refractivity contribution >= 4 is 22.7 Å². The van der Waals surface area contributed by atoms with Crippen molar-refractivity contribution < 1.29 is 14.6 Å². The number of hydrogen-bond donors (Lipinski definition) is 2. The Balaban J connectivity index is 1.64. The van der Waals surface area contributed by atoms with Gasteiger partial charge in [-0.3, -0.25) is 10.3 Å². The van der Waals surface area contributed by atoms with Crippen LogP contribution in [0.5, 0.6) is 0 Å². The van der Waals surface area contributed by atoms with Crippen LogP contribution in [0.15, 0.2) is 60.8 Å². The Hall–Kier alpha value is -2.92. The molecule has 0 atom stereocenters. The molecular weight excluding hydrogens is 304 g/mol. The SMILES string of the molecule is O=C(Nc1ccc2cc(CCO)cnc2c1)OCc1ccccc1. The second-order valence-corrected chi connectivity index (χ2v) is 5.41. The van der Waals surface area contributed by atoms with E-state index in [9.17, 15) is 4.79 Å². The highest BCUT2D eigenvalue weighted by Crippen LogP contribution is 2.19. The van der Waals surface area contributed by atoms with Crippen molar-refractivity contribution in [1.29, 1.82) is 0 Å². The van der Waals surface area contributed by atoms with Crippen molar-refractivity contribution in [1.82, 2.24) is 4.98 Å². The quantitative estimate of drug-likeness (QED) is 0.754. The van der Waals surface area contributed by atoms with Crippen LogP contribution < -0.4 is 5.32 Å².